The molecule has 1 amide bonds. The normalized spacial score (nSPS) is 13.0. The van der Waals surface area contributed by atoms with Crippen LogP contribution in [0.5, 0.6) is 0 Å². The number of carbonyl (C=O) groups is 2. The Morgan fingerprint density at radius 1 is 1.29 bits per heavy atom. The molecular formula is C18H23NO5. The lowest BCUT2D eigenvalue weighted by molar-refractivity contribution is -0.140. The lowest BCUT2D eigenvalue weighted by Crippen LogP contribution is -2.41. The van der Waals surface area contributed by atoms with Crippen molar-refractivity contribution >= 4 is 22.8 Å². The van der Waals surface area contributed by atoms with Crippen molar-refractivity contribution in [2.24, 2.45) is 0 Å². The molecule has 1 aromatic heterocycles. The summed E-state index contributed by atoms with van der Waals surface area (Å²) in [6.07, 6.45) is 0.178. The van der Waals surface area contributed by atoms with Crippen LogP contribution in [0, 0.1) is 6.92 Å². The van der Waals surface area contributed by atoms with E-state index < -0.39 is 17.9 Å². The summed E-state index contributed by atoms with van der Waals surface area (Å²) >= 11 is 0. The Morgan fingerprint density at radius 2 is 2.00 bits per heavy atom. The van der Waals surface area contributed by atoms with Gasteiger partial charge in [-0.25, -0.2) is 4.79 Å². The maximum absolute atomic E-state index is 12.3. The molecule has 0 aliphatic rings. The third-order valence-corrected chi connectivity index (χ3v) is 3.44. The summed E-state index contributed by atoms with van der Waals surface area (Å²) in [4.78, 5) is 23.6. The molecule has 6 heteroatoms. The first kappa shape index (κ1) is 18.0. The van der Waals surface area contributed by atoms with Gasteiger partial charge in [0.05, 0.1) is 5.60 Å². The molecule has 1 aromatic carbocycles. The van der Waals surface area contributed by atoms with E-state index in [2.05, 4.69) is 5.32 Å². The molecule has 0 saturated heterocycles. The van der Waals surface area contributed by atoms with E-state index in [0.29, 0.717) is 5.58 Å². The van der Waals surface area contributed by atoms with Crippen molar-refractivity contribution in [2.75, 3.05) is 6.61 Å². The minimum atomic E-state index is -1.10. The van der Waals surface area contributed by atoms with Gasteiger partial charge in [-0.1, -0.05) is 11.6 Å². The molecule has 0 aliphatic carbocycles. The van der Waals surface area contributed by atoms with Crippen LogP contribution < -0.4 is 5.32 Å². The number of fused-ring (bicyclic) bond motifs is 1. The zero-order chi connectivity index (χ0) is 17.9. The van der Waals surface area contributed by atoms with E-state index in [0.717, 1.165) is 10.9 Å². The lowest BCUT2D eigenvalue weighted by Gasteiger charge is -2.21. The fourth-order valence-electron chi connectivity index (χ4n) is 2.24. The van der Waals surface area contributed by atoms with Gasteiger partial charge in [-0.3, -0.25) is 4.79 Å². The standard InChI is InChI=1S/C18H23NO5/c1-11-5-6-14-12(9-11)10-15(24-14)16(20)19-13(17(21)22)7-8-23-18(2,3)4/h5-6,9-10,13H,7-8H2,1-4H3,(H,19,20)(H,21,22). The van der Waals surface area contributed by atoms with Crippen LogP contribution in [0.4, 0.5) is 0 Å². The predicted molar refractivity (Wildman–Crippen MR) is 90.2 cm³/mol. The number of carbonyl (C=O) groups excluding carboxylic acids is 1. The fraction of sp³-hybridized carbons (Fsp3) is 0.444. The summed E-state index contributed by atoms with van der Waals surface area (Å²) in [5.74, 6) is -1.56. The summed E-state index contributed by atoms with van der Waals surface area (Å²) in [5, 5.41) is 12.6. The molecule has 1 unspecified atom stereocenters. The second-order valence-electron chi connectivity index (χ2n) is 6.77. The maximum Gasteiger partial charge on any atom is 0.326 e. The highest BCUT2D eigenvalue weighted by Crippen LogP contribution is 2.20. The van der Waals surface area contributed by atoms with Gasteiger partial charge in [0.2, 0.25) is 0 Å². The maximum atomic E-state index is 12.3. The van der Waals surface area contributed by atoms with Crippen molar-refractivity contribution in [2.45, 2.75) is 45.8 Å². The van der Waals surface area contributed by atoms with E-state index in [1.807, 2.05) is 39.8 Å². The van der Waals surface area contributed by atoms with E-state index in [9.17, 15) is 14.7 Å². The fourth-order valence-corrected chi connectivity index (χ4v) is 2.24. The van der Waals surface area contributed by atoms with Crippen molar-refractivity contribution in [1.29, 1.82) is 0 Å². The molecule has 24 heavy (non-hydrogen) atoms. The van der Waals surface area contributed by atoms with Crippen LogP contribution in [0.15, 0.2) is 28.7 Å². The summed E-state index contributed by atoms with van der Waals surface area (Å²) in [6, 6.07) is 6.16. The number of furan rings is 1. The lowest BCUT2D eigenvalue weighted by atomic mass is 10.1. The molecule has 2 N–H and O–H groups in total. The molecule has 130 valence electrons. The third-order valence-electron chi connectivity index (χ3n) is 3.44. The number of aliphatic carboxylic acids is 1. The van der Waals surface area contributed by atoms with Gasteiger partial charge in [0.25, 0.3) is 5.91 Å². The van der Waals surface area contributed by atoms with Crippen molar-refractivity contribution in [3.63, 3.8) is 0 Å². The van der Waals surface area contributed by atoms with Gasteiger partial charge in [-0.15, -0.1) is 0 Å². The summed E-state index contributed by atoms with van der Waals surface area (Å²) in [6.45, 7) is 7.84. The molecule has 2 aromatic rings. The number of rotatable bonds is 6. The zero-order valence-electron chi connectivity index (χ0n) is 14.4. The number of hydrogen-bond donors (Lipinski definition) is 2. The van der Waals surface area contributed by atoms with Crippen LogP contribution in [-0.2, 0) is 9.53 Å². The van der Waals surface area contributed by atoms with E-state index in [1.54, 1.807) is 12.1 Å². The molecule has 0 aliphatic heterocycles. The number of amides is 1. The number of ether oxygens (including phenoxy) is 1. The molecule has 0 fully saturated rings. The van der Waals surface area contributed by atoms with Crippen LogP contribution in [0.3, 0.4) is 0 Å². The molecule has 1 heterocycles. The van der Waals surface area contributed by atoms with Gasteiger partial charge < -0.3 is 19.6 Å². The molecule has 0 radical (unpaired) electrons. The third kappa shape index (κ3) is 4.83. The molecule has 0 spiro atoms. The Balaban J connectivity index is 2.04. The van der Waals surface area contributed by atoms with Gasteiger partial charge in [-0.2, -0.15) is 0 Å². The average Bonchev–Trinajstić information content (AvgIpc) is 2.87. The highest BCUT2D eigenvalue weighted by Gasteiger charge is 2.23. The summed E-state index contributed by atoms with van der Waals surface area (Å²) < 4.78 is 11.0. The Morgan fingerprint density at radius 3 is 2.62 bits per heavy atom. The number of carboxylic acids is 1. The molecule has 0 bridgehead atoms. The van der Waals surface area contributed by atoms with E-state index in [4.69, 9.17) is 9.15 Å². The Labute approximate surface area is 140 Å². The van der Waals surface area contributed by atoms with Crippen LogP contribution in [0.25, 0.3) is 11.0 Å². The largest absolute Gasteiger partial charge is 0.480 e. The number of hydrogen-bond acceptors (Lipinski definition) is 4. The smallest absolute Gasteiger partial charge is 0.326 e. The van der Waals surface area contributed by atoms with Crippen molar-refractivity contribution in [1.82, 2.24) is 5.32 Å². The van der Waals surface area contributed by atoms with Crippen molar-refractivity contribution in [3.05, 3.63) is 35.6 Å². The second kappa shape index (κ2) is 7.05. The van der Waals surface area contributed by atoms with Crippen molar-refractivity contribution < 1.29 is 23.8 Å². The number of benzene rings is 1. The number of carboxylic acid groups (broad SMARTS) is 1. The van der Waals surface area contributed by atoms with Gasteiger partial charge >= 0.3 is 5.97 Å². The molecule has 6 nitrogen and oxygen atoms in total. The Hall–Kier alpha value is -2.34. The average molecular weight is 333 g/mol. The highest BCUT2D eigenvalue weighted by molar-refractivity contribution is 5.98. The van der Waals surface area contributed by atoms with Gasteiger partial charge in [0, 0.05) is 18.4 Å². The quantitative estimate of drug-likeness (QED) is 0.848. The minimum absolute atomic E-state index is 0.0959. The number of aryl methyl sites for hydroxylation is 1. The second-order valence-corrected chi connectivity index (χ2v) is 6.77. The minimum Gasteiger partial charge on any atom is -0.480 e. The molecule has 0 saturated carbocycles. The Kier molecular flexibility index (Phi) is 5.29. The van der Waals surface area contributed by atoms with E-state index >= 15 is 0 Å². The SMILES string of the molecule is Cc1ccc2oc(C(=O)NC(CCOC(C)(C)C)C(=O)O)cc2c1. The summed E-state index contributed by atoms with van der Waals surface area (Å²) in [7, 11) is 0. The molecular weight excluding hydrogens is 310 g/mol. The zero-order valence-corrected chi connectivity index (χ0v) is 14.4. The van der Waals surface area contributed by atoms with Crippen LogP contribution in [0.1, 0.15) is 43.3 Å². The molecule has 2 rings (SSSR count). The van der Waals surface area contributed by atoms with E-state index in [-0.39, 0.29) is 24.4 Å². The first-order valence-electron chi connectivity index (χ1n) is 7.83. The molecule has 1 atom stereocenters. The first-order valence-corrected chi connectivity index (χ1v) is 7.83. The summed E-state index contributed by atoms with van der Waals surface area (Å²) in [5.41, 5.74) is 1.29. The highest BCUT2D eigenvalue weighted by atomic mass is 16.5. The Bertz CT molecular complexity index is 741. The van der Waals surface area contributed by atoms with Crippen LogP contribution >= 0.6 is 0 Å². The van der Waals surface area contributed by atoms with Gasteiger partial charge in [0.1, 0.15) is 11.6 Å². The first-order chi connectivity index (χ1) is 11.2. The predicted octanol–water partition coefficient (Wildman–Crippen LogP) is 3.13. The number of nitrogens with one attached hydrogen (secondary N) is 1. The van der Waals surface area contributed by atoms with Crippen molar-refractivity contribution in [3.8, 4) is 0 Å². The topological polar surface area (TPSA) is 88.8 Å². The van der Waals surface area contributed by atoms with Crippen LogP contribution in [0.2, 0.25) is 0 Å². The van der Waals surface area contributed by atoms with Gasteiger partial charge in [0.15, 0.2) is 5.76 Å². The van der Waals surface area contributed by atoms with Gasteiger partial charge in [-0.05, 0) is 45.9 Å². The van der Waals surface area contributed by atoms with Crippen LogP contribution in [-0.4, -0.2) is 35.2 Å². The monoisotopic (exact) mass is 333 g/mol. The van der Waals surface area contributed by atoms with E-state index in [1.165, 1.54) is 0 Å².